The second kappa shape index (κ2) is 11.6. The summed E-state index contributed by atoms with van der Waals surface area (Å²) in [4.78, 5) is 42.6. The third kappa shape index (κ3) is 6.36. The van der Waals surface area contributed by atoms with E-state index in [9.17, 15) is 24.6 Å². The molecule has 0 aliphatic carbocycles. The number of phenolic OH excluding ortho intramolecular Hbond substituents is 1. The van der Waals surface area contributed by atoms with E-state index in [0.717, 1.165) is 0 Å². The number of ether oxygens (including phenoxy) is 2. The molecule has 0 atom stereocenters. The Morgan fingerprint density at radius 1 is 1.30 bits per heavy atom. The maximum absolute atomic E-state index is 12.5. The molecule has 0 saturated heterocycles. The van der Waals surface area contributed by atoms with Crippen molar-refractivity contribution in [2.24, 2.45) is 15.3 Å². The average Bonchev–Trinajstić information content (AvgIpc) is 3.28. The van der Waals surface area contributed by atoms with Crippen LogP contribution in [0, 0.1) is 0 Å². The van der Waals surface area contributed by atoms with Gasteiger partial charge in [0.2, 0.25) is 17.3 Å². The Morgan fingerprint density at radius 3 is 2.73 bits per heavy atom. The molecule has 0 bridgehead atoms. The zero-order chi connectivity index (χ0) is 24.4. The van der Waals surface area contributed by atoms with E-state index in [2.05, 4.69) is 40.8 Å². The summed E-state index contributed by atoms with van der Waals surface area (Å²) in [6, 6.07) is 4.31. The fraction of sp³-hybridized carbons (Fsp3) is 0.211. The molecule has 5 N–H and O–H groups in total. The first-order valence-electron chi connectivity index (χ1n) is 9.30. The van der Waals surface area contributed by atoms with Crippen LogP contribution in [0.4, 0.5) is 5.82 Å². The van der Waals surface area contributed by atoms with Crippen LogP contribution in [0.3, 0.4) is 0 Å². The van der Waals surface area contributed by atoms with Gasteiger partial charge < -0.3 is 30.0 Å². The van der Waals surface area contributed by atoms with Crippen molar-refractivity contribution in [1.29, 1.82) is 0 Å². The molecule has 174 valence electrons. The van der Waals surface area contributed by atoms with Gasteiger partial charge in [-0.15, -0.1) is 10.2 Å². The maximum atomic E-state index is 12.5. The van der Waals surface area contributed by atoms with Crippen LogP contribution >= 0.6 is 0 Å². The molecule has 33 heavy (non-hydrogen) atoms. The number of esters is 1. The van der Waals surface area contributed by atoms with Gasteiger partial charge in [0.25, 0.3) is 11.8 Å². The lowest BCUT2D eigenvalue weighted by atomic mass is 10.2. The van der Waals surface area contributed by atoms with Crippen LogP contribution < -0.4 is 15.5 Å². The Morgan fingerprint density at radius 2 is 2.06 bits per heavy atom. The van der Waals surface area contributed by atoms with Gasteiger partial charge in [0, 0.05) is 7.05 Å². The lowest BCUT2D eigenvalue weighted by Gasteiger charge is -2.05. The van der Waals surface area contributed by atoms with Gasteiger partial charge in [0.15, 0.2) is 17.2 Å². The Hall–Kier alpha value is -4.75. The van der Waals surface area contributed by atoms with Crippen molar-refractivity contribution < 1.29 is 34.1 Å². The molecule has 2 amide bonds. The molecule has 2 aromatic rings. The van der Waals surface area contributed by atoms with E-state index in [1.165, 1.54) is 51.8 Å². The van der Waals surface area contributed by atoms with Gasteiger partial charge in [-0.25, -0.2) is 15.2 Å². The lowest BCUT2D eigenvalue weighted by molar-refractivity contribution is -0.142. The van der Waals surface area contributed by atoms with Gasteiger partial charge in [0.1, 0.15) is 0 Å². The van der Waals surface area contributed by atoms with Gasteiger partial charge in [-0.2, -0.15) is 5.10 Å². The minimum atomic E-state index is -1.22. The Balaban J connectivity index is 2.30. The molecule has 0 unspecified atom stereocenters. The van der Waals surface area contributed by atoms with E-state index in [1.54, 1.807) is 0 Å². The zero-order valence-electron chi connectivity index (χ0n) is 17.8. The highest BCUT2D eigenvalue weighted by Gasteiger charge is 2.23. The summed E-state index contributed by atoms with van der Waals surface area (Å²) in [7, 11) is 2.75. The molecule has 0 saturated carbocycles. The second-order valence-corrected chi connectivity index (χ2v) is 5.93. The topological polar surface area (TPSA) is 200 Å². The first-order chi connectivity index (χ1) is 15.8. The fourth-order valence-electron chi connectivity index (χ4n) is 2.24. The quantitative estimate of drug-likeness (QED) is 0.0914. The fourth-order valence-corrected chi connectivity index (χ4v) is 2.24. The first kappa shape index (κ1) is 24.5. The van der Waals surface area contributed by atoms with Crippen molar-refractivity contribution in [2.75, 3.05) is 20.8 Å². The predicted molar refractivity (Wildman–Crippen MR) is 113 cm³/mol. The van der Waals surface area contributed by atoms with Crippen LogP contribution in [-0.4, -0.2) is 64.9 Å². The number of hydrazone groups is 1. The normalized spacial score (nSPS) is 11.8. The molecular formula is C19H21N7O7. The largest absolute Gasteiger partial charge is 0.504 e. The lowest BCUT2D eigenvalue weighted by Crippen LogP contribution is -2.23. The van der Waals surface area contributed by atoms with Crippen molar-refractivity contribution in [3.8, 4) is 11.5 Å². The number of hydrogen-bond donors (Lipinski definition) is 5. The van der Waals surface area contributed by atoms with Crippen molar-refractivity contribution >= 4 is 29.8 Å². The van der Waals surface area contributed by atoms with Gasteiger partial charge in [0.05, 0.1) is 26.3 Å². The Bertz CT molecular complexity index is 1120. The van der Waals surface area contributed by atoms with E-state index >= 15 is 0 Å². The first-order valence-corrected chi connectivity index (χ1v) is 9.30. The number of imidazole rings is 1. The number of H-pyrrole nitrogens is 1. The second-order valence-electron chi connectivity index (χ2n) is 5.93. The highest BCUT2D eigenvalue weighted by Crippen LogP contribution is 2.25. The van der Waals surface area contributed by atoms with E-state index in [4.69, 9.17) is 4.74 Å². The van der Waals surface area contributed by atoms with Gasteiger partial charge in [-0.3, -0.25) is 9.59 Å². The minimum absolute atomic E-state index is 0.0593. The molecule has 0 aliphatic rings. The third-order valence-electron chi connectivity index (χ3n) is 3.81. The number of nitrogens with one attached hydrogen (secondary N) is 3. The van der Waals surface area contributed by atoms with Crippen molar-refractivity contribution in [1.82, 2.24) is 20.7 Å². The SMILES string of the molecule is CCOC(=O)C(O)=C(N=Nc1nc[nH]c1C(=O)NC)C(=O)NN=Cc1ccc(O)c(OC)c1. The number of aromatic amines is 1. The number of benzene rings is 1. The molecule has 14 heteroatoms. The summed E-state index contributed by atoms with van der Waals surface area (Å²) in [5.41, 5.74) is 1.64. The molecule has 0 radical (unpaired) electrons. The number of hydrogen-bond acceptors (Lipinski definition) is 11. The standard InChI is InChI=1S/C19H21N7O7/c1-4-33-19(31)15(28)13(24-25-16-14(17(29)20-2)21-9-22-16)18(30)26-23-8-10-5-6-11(27)12(7-10)32-3/h5-9,27-28H,4H2,1-3H3,(H,20,29)(H,21,22)(H,26,30). The number of rotatable bonds is 9. The number of aliphatic hydroxyl groups is 1. The molecular weight excluding hydrogens is 438 g/mol. The summed E-state index contributed by atoms with van der Waals surface area (Å²) >= 11 is 0. The van der Waals surface area contributed by atoms with E-state index in [0.29, 0.717) is 5.56 Å². The Labute approximate surface area is 187 Å². The van der Waals surface area contributed by atoms with Crippen molar-refractivity contribution in [3.05, 3.63) is 47.2 Å². The van der Waals surface area contributed by atoms with E-state index in [-0.39, 0.29) is 29.6 Å². The molecule has 1 aromatic heterocycles. The number of aromatic nitrogens is 2. The highest BCUT2D eigenvalue weighted by molar-refractivity contribution is 6.01. The number of azo groups is 1. The predicted octanol–water partition coefficient (Wildman–Crippen LogP) is 1.05. The van der Waals surface area contributed by atoms with Crippen LogP contribution in [0.15, 0.2) is 51.3 Å². The summed E-state index contributed by atoms with van der Waals surface area (Å²) < 4.78 is 9.65. The van der Waals surface area contributed by atoms with Crippen LogP contribution in [-0.2, 0) is 14.3 Å². The maximum Gasteiger partial charge on any atom is 0.376 e. The number of amides is 2. The van der Waals surface area contributed by atoms with Crippen molar-refractivity contribution in [3.63, 3.8) is 0 Å². The van der Waals surface area contributed by atoms with Crippen LogP contribution in [0.5, 0.6) is 11.5 Å². The molecule has 1 heterocycles. The number of carbonyl (C=O) groups excluding carboxylic acids is 3. The van der Waals surface area contributed by atoms with Gasteiger partial charge >= 0.3 is 5.97 Å². The number of aromatic hydroxyl groups is 1. The smallest absolute Gasteiger partial charge is 0.376 e. The number of phenols is 1. The zero-order valence-corrected chi connectivity index (χ0v) is 17.8. The molecule has 0 spiro atoms. The van der Waals surface area contributed by atoms with E-state index in [1.807, 2.05) is 0 Å². The summed E-state index contributed by atoms with van der Waals surface area (Å²) in [5.74, 6) is -4.11. The number of nitrogens with zero attached hydrogens (tertiary/aromatic N) is 4. The summed E-state index contributed by atoms with van der Waals surface area (Å²) in [6.07, 6.45) is 2.39. The average molecular weight is 459 g/mol. The summed E-state index contributed by atoms with van der Waals surface area (Å²) in [6.45, 7) is 1.43. The molecule has 14 nitrogen and oxygen atoms in total. The number of aliphatic hydroxyl groups excluding tert-OH is 1. The molecule has 2 rings (SSSR count). The van der Waals surface area contributed by atoms with Crippen LogP contribution in [0.25, 0.3) is 0 Å². The van der Waals surface area contributed by atoms with Crippen LogP contribution in [0.2, 0.25) is 0 Å². The molecule has 1 aromatic carbocycles. The van der Waals surface area contributed by atoms with Gasteiger partial charge in [-0.1, -0.05) is 0 Å². The monoisotopic (exact) mass is 459 g/mol. The highest BCUT2D eigenvalue weighted by atomic mass is 16.5. The molecule has 0 fully saturated rings. The van der Waals surface area contributed by atoms with Crippen LogP contribution in [0.1, 0.15) is 23.0 Å². The summed E-state index contributed by atoms with van der Waals surface area (Å²) in [5, 5.41) is 33.0. The van der Waals surface area contributed by atoms with E-state index < -0.39 is 29.2 Å². The number of methoxy groups -OCH3 is 1. The van der Waals surface area contributed by atoms with Crippen molar-refractivity contribution in [2.45, 2.75) is 6.92 Å². The van der Waals surface area contributed by atoms with Gasteiger partial charge in [-0.05, 0) is 30.7 Å². The number of carbonyl (C=O) groups is 3. The third-order valence-corrected chi connectivity index (χ3v) is 3.81. The molecule has 0 aliphatic heterocycles. The minimum Gasteiger partial charge on any atom is -0.504 e. The Kier molecular flexibility index (Phi) is 8.61.